The minimum atomic E-state index is -0.314. The van der Waals surface area contributed by atoms with Gasteiger partial charge in [0.25, 0.3) is 5.56 Å². The van der Waals surface area contributed by atoms with Gasteiger partial charge in [0.1, 0.15) is 23.6 Å². The highest BCUT2D eigenvalue weighted by molar-refractivity contribution is 5.90. The van der Waals surface area contributed by atoms with Gasteiger partial charge in [-0.05, 0) is 49.4 Å². The maximum absolute atomic E-state index is 12.9. The van der Waals surface area contributed by atoms with Crippen LogP contribution < -0.4 is 20.3 Å². The lowest BCUT2D eigenvalue weighted by Crippen LogP contribution is -2.28. The first-order valence-electron chi connectivity index (χ1n) is 9.83. The Morgan fingerprint density at radius 2 is 1.87 bits per heavy atom. The number of rotatable bonds is 7. The number of fused-ring (bicyclic) bond motifs is 1. The molecule has 0 aliphatic heterocycles. The monoisotopic (exact) mass is 418 g/mol. The van der Waals surface area contributed by atoms with Gasteiger partial charge in [0.05, 0.1) is 19.4 Å². The molecule has 0 bridgehead atoms. The molecule has 1 amide bonds. The molecular weight excluding hydrogens is 396 g/mol. The molecule has 2 heterocycles. The minimum absolute atomic E-state index is 0.115. The average molecular weight is 418 g/mol. The predicted octanol–water partition coefficient (Wildman–Crippen LogP) is 3.21. The summed E-state index contributed by atoms with van der Waals surface area (Å²) in [6.07, 6.45) is 3.21. The first-order chi connectivity index (χ1) is 15.1. The van der Waals surface area contributed by atoms with E-state index in [4.69, 9.17) is 9.47 Å². The van der Waals surface area contributed by atoms with Gasteiger partial charge < -0.3 is 19.4 Å². The van der Waals surface area contributed by atoms with Crippen LogP contribution in [-0.4, -0.2) is 33.8 Å². The molecule has 4 rings (SSSR count). The first-order valence-corrected chi connectivity index (χ1v) is 9.83. The van der Waals surface area contributed by atoms with Crippen molar-refractivity contribution in [1.29, 1.82) is 0 Å². The summed E-state index contributed by atoms with van der Waals surface area (Å²) in [4.78, 5) is 25.3. The van der Waals surface area contributed by atoms with Gasteiger partial charge in [-0.2, -0.15) is 5.10 Å². The number of benzene rings is 2. The van der Waals surface area contributed by atoms with Crippen LogP contribution in [0.3, 0.4) is 0 Å². The number of carbonyl (C=O) groups excluding carboxylic acids is 1. The van der Waals surface area contributed by atoms with E-state index in [-0.39, 0.29) is 18.0 Å². The van der Waals surface area contributed by atoms with Gasteiger partial charge in [0.15, 0.2) is 0 Å². The van der Waals surface area contributed by atoms with Crippen LogP contribution in [0.4, 0.5) is 5.69 Å². The Morgan fingerprint density at radius 3 is 2.61 bits per heavy atom. The number of carbonyl (C=O) groups is 1. The second-order valence-corrected chi connectivity index (χ2v) is 6.83. The molecule has 158 valence electrons. The normalized spacial score (nSPS) is 10.8. The molecule has 0 radical (unpaired) electrons. The highest BCUT2D eigenvalue weighted by Crippen LogP contribution is 2.22. The molecule has 0 atom stereocenters. The van der Waals surface area contributed by atoms with E-state index in [0.29, 0.717) is 29.3 Å². The lowest BCUT2D eigenvalue weighted by molar-refractivity contribution is -0.116. The van der Waals surface area contributed by atoms with Crippen LogP contribution in [0.5, 0.6) is 11.5 Å². The number of amides is 1. The third kappa shape index (κ3) is 4.42. The summed E-state index contributed by atoms with van der Waals surface area (Å²) >= 11 is 0. The molecule has 0 aliphatic rings. The molecule has 0 unspecified atom stereocenters. The van der Waals surface area contributed by atoms with Crippen LogP contribution in [0.2, 0.25) is 0 Å². The number of nitrogens with zero attached hydrogens (tertiary/aromatic N) is 3. The van der Waals surface area contributed by atoms with Gasteiger partial charge in [0.2, 0.25) is 5.91 Å². The molecule has 0 spiro atoms. The molecule has 31 heavy (non-hydrogen) atoms. The van der Waals surface area contributed by atoms with E-state index in [2.05, 4.69) is 10.4 Å². The highest BCUT2D eigenvalue weighted by atomic mass is 16.5. The standard InChI is InChI=1S/C23H22N4O4/c1-3-31-18-9-7-16(8-10-18)20-14-21-23(29)26(11-12-27(21)25-20)15-22(28)24-17-5-4-6-19(13-17)30-2/h4-14H,3,15H2,1-2H3,(H,24,28). The summed E-state index contributed by atoms with van der Waals surface area (Å²) < 4.78 is 13.5. The van der Waals surface area contributed by atoms with Gasteiger partial charge >= 0.3 is 0 Å². The van der Waals surface area contributed by atoms with Gasteiger partial charge in [0, 0.05) is 29.7 Å². The Kier molecular flexibility index (Phi) is 5.70. The van der Waals surface area contributed by atoms with Crippen molar-refractivity contribution >= 4 is 17.1 Å². The smallest absolute Gasteiger partial charge is 0.277 e. The Labute approximate surface area is 178 Å². The second kappa shape index (κ2) is 8.74. The van der Waals surface area contributed by atoms with Gasteiger partial charge in [-0.1, -0.05) is 6.07 Å². The fourth-order valence-corrected chi connectivity index (χ4v) is 3.24. The van der Waals surface area contributed by atoms with Crippen molar-refractivity contribution in [3.63, 3.8) is 0 Å². The van der Waals surface area contributed by atoms with Crippen LogP contribution in [0.25, 0.3) is 16.8 Å². The maximum Gasteiger partial charge on any atom is 0.277 e. The van der Waals surface area contributed by atoms with E-state index in [1.807, 2.05) is 31.2 Å². The highest BCUT2D eigenvalue weighted by Gasteiger charge is 2.12. The van der Waals surface area contributed by atoms with Crippen molar-refractivity contribution in [1.82, 2.24) is 14.2 Å². The average Bonchev–Trinajstić information content (AvgIpc) is 3.22. The zero-order chi connectivity index (χ0) is 21.8. The first kappa shape index (κ1) is 20.2. The summed E-state index contributed by atoms with van der Waals surface area (Å²) in [7, 11) is 1.56. The molecule has 0 fully saturated rings. The molecule has 2 aromatic carbocycles. The molecule has 8 heteroatoms. The largest absolute Gasteiger partial charge is 0.497 e. The Bertz CT molecular complexity index is 1270. The quantitative estimate of drug-likeness (QED) is 0.498. The zero-order valence-electron chi connectivity index (χ0n) is 17.2. The van der Waals surface area contributed by atoms with Crippen molar-refractivity contribution in [3.8, 4) is 22.8 Å². The molecule has 8 nitrogen and oxygen atoms in total. The third-order valence-electron chi connectivity index (χ3n) is 4.73. The predicted molar refractivity (Wildman–Crippen MR) is 118 cm³/mol. The molecule has 0 saturated carbocycles. The fraction of sp³-hybridized carbons (Fsp3) is 0.174. The summed E-state index contributed by atoms with van der Waals surface area (Å²) in [5, 5.41) is 7.25. The minimum Gasteiger partial charge on any atom is -0.497 e. The molecule has 1 N–H and O–H groups in total. The summed E-state index contributed by atoms with van der Waals surface area (Å²) in [6, 6.07) is 16.3. The van der Waals surface area contributed by atoms with Crippen LogP contribution in [0.15, 0.2) is 71.8 Å². The summed E-state index contributed by atoms with van der Waals surface area (Å²) in [5.74, 6) is 1.10. The van der Waals surface area contributed by atoms with Crippen molar-refractivity contribution in [3.05, 3.63) is 77.3 Å². The van der Waals surface area contributed by atoms with E-state index in [1.165, 1.54) is 9.08 Å². The number of ether oxygens (including phenoxy) is 2. The topological polar surface area (TPSA) is 86.9 Å². The van der Waals surface area contributed by atoms with E-state index in [0.717, 1.165) is 11.3 Å². The molecular formula is C23H22N4O4. The fourth-order valence-electron chi connectivity index (χ4n) is 3.24. The van der Waals surface area contributed by atoms with Gasteiger partial charge in [-0.3, -0.25) is 9.59 Å². The SMILES string of the molecule is CCOc1ccc(-c2cc3c(=O)n(CC(=O)Nc4cccc(OC)c4)ccn3n2)cc1. The van der Waals surface area contributed by atoms with Crippen LogP contribution in [0.1, 0.15) is 6.92 Å². The third-order valence-corrected chi connectivity index (χ3v) is 4.73. The zero-order valence-corrected chi connectivity index (χ0v) is 17.2. The van der Waals surface area contributed by atoms with Crippen LogP contribution >= 0.6 is 0 Å². The number of methoxy groups -OCH3 is 1. The van der Waals surface area contributed by atoms with Crippen molar-refractivity contribution in [2.45, 2.75) is 13.5 Å². The lowest BCUT2D eigenvalue weighted by atomic mass is 10.1. The number of hydrogen-bond donors (Lipinski definition) is 1. The van der Waals surface area contributed by atoms with E-state index in [9.17, 15) is 9.59 Å². The lowest BCUT2D eigenvalue weighted by Gasteiger charge is -2.08. The maximum atomic E-state index is 12.9. The van der Waals surface area contributed by atoms with Crippen LogP contribution in [0, 0.1) is 0 Å². The second-order valence-electron chi connectivity index (χ2n) is 6.83. The Hall–Kier alpha value is -4.07. The molecule has 0 saturated heterocycles. The van der Waals surface area contributed by atoms with E-state index in [1.54, 1.807) is 49.8 Å². The van der Waals surface area contributed by atoms with E-state index < -0.39 is 0 Å². The number of nitrogens with one attached hydrogen (secondary N) is 1. The number of anilines is 1. The molecule has 4 aromatic rings. The number of aromatic nitrogens is 3. The number of hydrogen-bond acceptors (Lipinski definition) is 5. The van der Waals surface area contributed by atoms with E-state index >= 15 is 0 Å². The van der Waals surface area contributed by atoms with Crippen molar-refractivity contribution in [2.75, 3.05) is 19.0 Å². The summed E-state index contributed by atoms with van der Waals surface area (Å²) in [6.45, 7) is 2.41. The molecule has 0 aliphatic carbocycles. The van der Waals surface area contributed by atoms with Gasteiger partial charge in [-0.25, -0.2) is 4.52 Å². The Morgan fingerprint density at radius 1 is 1.06 bits per heavy atom. The van der Waals surface area contributed by atoms with Gasteiger partial charge in [-0.15, -0.1) is 0 Å². The molecule has 2 aromatic heterocycles. The Balaban J connectivity index is 1.55. The van der Waals surface area contributed by atoms with Crippen molar-refractivity contribution < 1.29 is 14.3 Å². The van der Waals surface area contributed by atoms with Crippen molar-refractivity contribution in [2.24, 2.45) is 0 Å². The summed E-state index contributed by atoms with van der Waals surface area (Å²) in [5.41, 5.74) is 2.22. The van der Waals surface area contributed by atoms with Crippen LogP contribution in [-0.2, 0) is 11.3 Å².